The maximum atomic E-state index is 11.1. The Bertz CT molecular complexity index is 339. The van der Waals surface area contributed by atoms with Crippen LogP contribution in [0.25, 0.3) is 0 Å². The van der Waals surface area contributed by atoms with Crippen LogP contribution in [0.5, 0.6) is 0 Å². The molecule has 7 nitrogen and oxygen atoms in total. The molecular formula is C7H12N6O. The highest BCUT2D eigenvalue weighted by Crippen LogP contribution is 2.20. The third-order valence-electron chi connectivity index (χ3n) is 1.60. The van der Waals surface area contributed by atoms with E-state index >= 15 is 0 Å². The van der Waals surface area contributed by atoms with Crippen molar-refractivity contribution in [1.29, 1.82) is 0 Å². The lowest BCUT2D eigenvalue weighted by molar-refractivity contribution is -0.115. The number of aromatic nitrogens is 2. The van der Waals surface area contributed by atoms with Gasteiger partial charge >= 0.3 is 0 Å². The molecule has 0 aliphatic rings. The Morgan fingerprint density at radius 3 is 2.71 bits per heavy atom. The summed E-state index contributed by atoms with van der Waals surface area (Å²) in [4.78, 5) is 18.6. The molecule has 1 aromatic heterocycles. The average molecular weight is 196 g/mol. The molecule has 0 radical (unpaired) electrons. The molecule has 0 saturated carbocycles. The summed E-state index contributed by atoms with van der Waals surface area (Å²) in [7, 11) is 0. The van der Waals surface area contributed by atoms with Gasteiger partial charge in [-0.25, -0.2) is 15.8 Å². The smallest absolute Gasteiger partial charge is 0.225 e. The number of hydrazine groups is 1. The van der Waals surface area contributed by atoms with Crippen molar-refractivity contribution in [3.05, 3.63) is 6.33 Å². The van der Waals surface area contributed by atoms with E-state index < -0.39 is 0 Å². The van der Waals surface area contributed by atoms with Crippen molar-refractivity contribution in [2.24, 2.45) is 5.84 Å². The Hall–Kier alpha value is -1.89. The maximum absolute atomic E-state index is 11.1. The van der Waals surface area contributed by atoms with Crippen molar-refractivity contribution >= 4 is 23.2 Å². The summed E-state index contributed by atoms with van der Waals surface area (Å²) in [5, 5.41) is 2.52. The number of hydrogen-bond acceptors (Lipinski definition) is 6. The van der Waals surface area contributed by atoms with E-state index in [-0.39, 0.29) is 23.2 Å². The van der Waals surface area contributed by atoms with Gasteiger partial charge in [-0.15, -0.1) is 0 Å². The fourth-order valence-electron chi connectivity index (χ4n) is 0.831. The summed E-state index contributed by atoms with van der Waals surface area (Å²) in [5.74, 6) is 5.53. The van der Waals surface area contributed by atoms with Crippen molar-refractivity contribution < 1.29 is 4.79 Å². The zero-order valence-corrected chi connectivity index (χ0v) is 7.74. The lowest BCUT2D eigenvalue weighted by Crippen LogP contribution is -2.16. The summed E-state index contributed by atoms with van der Waals surface area (Å²) >= 11 is 0. The molecule has 1 heterocycles. The molecule has 0 fully saturated rings. The van der Waals surface area contributed by atoms with Crippen molar-refractivity contribution in [1.82, 2.24) is 9.97 Å². The number of carbonyl (C=O) groups excluding carboxylic acids is 1. The van der Waals surface area contributed by atoms with E-state index in [1.165, 1.54) is 6.33 Å². The molecule has 6 N–H and O–H groups in total. The van der Waals surface area contributed by atoms with Crippen LogP contribution < -0.4 is 22.3 Å². The third kappa shape index (κ3) is 2.07. The fourth-order valence-corrected chi connectivity index (χ4v) is 0.831. The fraction of sp³-hybridized carbons (Fsp3) is 0.286. The van der Waals surface area contributed by atoms with E-state index in [0.717, 1.165) is 0 Å². The Balaban J connectivity index is 2.92. The number of hydrogen-bond donors (Lipinski definition) is 4. The zero-order valence-electron chi connectivity index (χ0n) is 7.74. The quantitative estimate of drug-likeness (QED) is 0.389. The predicted octanol–water partition coefficient (Wildman–Crippen LogP) is -0.307. The number of nitrogens with zero attached hydrogens (tertiary/aromatic N) is 2. The van der Waals surface area contributed by atoms with Crippen LogP contribution in [0.15, 0.2) is 6.33 Å². The lowest BCUT2D eigenvalue weighted by atomic mass is 10.4. The molecule has 0 spiro atoms. The number of carbonyl (C=O) groups is 1. The van der Waals surface area contributed by atoms with Crippen molar-refractivity contribution in [2.45, 2.75) is 13.3 Å². The first-order valence-corrected chi connectivity index (χ1v) is 4.06. The normalized spacial score (nSPS) is 9.57. The summed E-state index contributed by atoms with van der Waals surface area (Å²) in [5.41, 5.74) is 8.13. The molecule has 1 amide bonds. The summed E-state index contributed by atoms with van der Waals surface area (Å²) in [6.07, 6.45) is 1.62. The minimum absolute atomic E-state index is 0.168. The van der Waals surface area contributed by atoms with Crippen LogP contribution in [-0.2, 0) is 4.79 Å². The van der Waals surface area contributed by atoms with Crippen molar-refractivity contribution in [2.75, 3.05) is 16.5 Å². The first kappa shape index (κ1) is 10.2. The van der Waals surface area contributed by atoms with E-state index in [0.29, 0.717) is 6.42 Å². The zero-order chi connectivity index (χ0) is 10.6. The average Bonchev–Trinajstić information content (AvgIpc) is 2.21. The van der Waals surface area contributed by atoms with E-state index in [9.17, 15) is 4.79 Å². The van der Waals surface area contributed by atoms with Gasteiger partial charge in [0.15, 0.2) is 11.6 Å². The first-order valence-electron chi connectivity index (χ1n) is 4.06. The van der Waals surface area contributed by atoms with Crippen LogP contribution >= 0.6 is 0 Å². The number of anilines is 3. The molecular weight excluding hydrogens is 184 g/mol. The van der Waals surface area contributed by atoms with Gasteiger partial charge in [-0.3, -0.25) is 4.79 Å². The van der Waals surface area contributed by atoms with Gasteiger partial charge in [0.2, 0.25) is 5.91 Å². The second-order valence-electron chi connectivity index (χ2n) is 2.53. The highest BCUT2D eigenvalue weighted by atomic mass is 16.1. The summed E-state index contributed by atoms with van der Waals surface area (Å²) < 4.78 is 0. The lowest BCUT2D eigenvalue weighted by Gasteiger charge is -2.08. The van der Waals surface area contributed by atoms with Gasteiger partial charge in [-0.05, 0) is 0 Å². The molecule has 0 aliphatic carbocycles. The highest BCUT2D eigenvalue weighted by Gasteiger charge is 2.08. The van der Waals surface area contributed by atoms with Crippen LogP contribution in [-0.4, -0.2) is 15.9 Å². The van der Waals surface area contributed by atoms with Gasteiger partial charge in [0.1, 0.15) is 12.0 Å². The topological polar surface area (TPSA) is 119 Å². The van der Waals surface area contributed by atoms with E-state index in [1.54, 1.807) is 6.92 Å². The molecule has 0 aliphatic heterocycles. The number of nitrogens with two attached hydrogens (primary N) is 2. The Labute approximate surface area is 80.9 Å². The molecule has 7 heteroatoms. The molecule has 14 heavy (non-hydrogen) atoms. The van der Waals surface area contributed by atoms with Crippen molar-refractivity contribution in [3.8, 4) is 0 Å². The van der Waals surface area contributed by atoms with Crippen LogP contribution in [0, 0.1) is 0 Å². The molecule has 1 rings (SSSR count). The van der Waals surface area contributed by atoms with Gasteiger partial charge in [-0.2, -0.15) is 0 Å². The SMILES string of the molecule is CCC(=O)Nc1ncnc(NN)c1N. The molecule has 0 atom stereocenters. The summed E-state index contributed by atoms with van der Waals surface area (Å²) in [6.45, 7) is 1.73. The molecule has 1 aromatic rings. The number of amides is 1. The van der Waals surface area contributed by atoms with E-state index in [2.05, 4.69) is 20.7 Å². The largest absolute Gasteiger partial charge is 0.393 e. The molecule has 0 saturated heterocycles. The van der Waals surface area contributed by atoms with E-state index in [4.69, 9.17) is 11.6 Å². The van der Waals surface area contributed by atoms with Crippen LogP contribution in [0.2, 0.25) is 0 Å². The Kier molecular flexibility index (Phi) is 3.19. The highest BCUT2D eigenvalue weighted by molar-refractivity contribution is 5.93. The number of nitrogen functional groups attached to an aromatic ring is 2. The molecule has 0 unspecified atom stereocenters. The Morgan fingerprint density at radius 1 is 1.50 bits per heavy atom. The third-order valence-corrected chi connectivity index (χ3v) is 1.60. The molecule has 76 valence electrons. The van der Waals surface area contributed by atoms with E-state index in [1.807, 2.05) is 0 Å². The molecule has 0 aromatic carbocycles. The van der Waals surface area contributed by atoms with Gasteiger partial charge in [0, 0.05) is 6.42 Å². The first-order chi connectivity index (χ1) is 6.69. The van der Waals surface area contributed by atoms with Gasteiger partial charge in [0.25, 0.3) is 0 Å². The minimum atomic E-state index is -0.168. The van der Waals surface area contributed by atoms with Crippen LogP contribution in [0.4, 0.5) is 17.3 Å². The van der Waals surface area contributed by atoms with Gasteiger partial charge in [0.05, 0.1) is 0 Å². The van der Waals surface area contributed by atoms with Crippen LogP contribution in [0.1, 0.15) is 13.3 Å². The van der Waals surface area contributed by atoms with Crippen LogP contribution in [0.3, 0.4) is 0 Å². The summed E-state index contributed by atoms with van der Waals surface area (Å²) in [6, 6.07) is 0. The van der Waals surface area contributed by atoms with Gasteiger partial charge in [-0.1, -0.05) is 6.92 Å². The predicted molar refractivity (Wildman–Crippen MR) is 53.2 cm³/mol. The number of rotatable bonds is 3. The standard InChI is InChI=1S/C7H12N6O/c1-2-4(14)12-6-5(8)7(13-9)11-3-10-6/h3H,2,8-9H2,1H3,(H2,10,11,12,13,14). The minimum Gasteiger partial charge on any atom is -0.393 e. The molecule has 0 bridgehead atoms. The second kappa shape index (κ2) is 4.38. The Morgan fingerprint density at radius 2 is 2.14 bits per heavy atom. The maximum Gasteiger partial charge on any atom is 0.225 e. The second-order valence-corrected chi connectivity index (χ2v) is 2.53. The monoisotopic (exact) mass is 196 g/mol. The van der Waals surface area contributed by atoms with Gasteiger partial charge < -0.3 is 16.5 Å². The van der Waals surface area contributed by atoms with Crippen molar-refractivity contribution in [3.63, 3.8) is 0 Å². The number of nitrogens with one attached hydrogen (secondary N) is 2.